The summed E-state index contributed by atoms with van der Waals surface area (Å²) in [5.41, 5.74) is 0. The molecule has 1 aliphatic heterocycles. The van der Waals surface area contributed by atoms with Crippen LogP contribution in [0.1, 0.15) is 49.1 Å². The Kier molecular flexibility index (Phi) is 8.74. The van der Waals surface area contributed by atoms with Crippen molar-refractivity contribution < 1.29 is 9.21 Å². The van der Waals surface area contributed by atoms with E-state index in [2.05, 4.69) is 15.2 Å². The van der Waals surface area contributed by atoms with E-state index in [1.165, 1.54) is 38.5 Å². The van der Waals surface area contributed by atoms with E-state index in [0.717, 1.165) is 31.5 Å². The van der Waals surface area contributed by atoms with E-state index in [4.69, 9.17) is 4.42 Å². The van der Waals surface area contributed by atoms with Crippen molar-refractivity contribution in [1.29, 1.82) is 0 Å². The highest BCUT2D eigenvalue weighted by molar-refractivity contribution is 14.0. The number of nitrogens with zero attached hydrogens (tertiary/aromatic N) is 3. The smallest absolute Gasteiger partial charge is 0.289 e. The molecule has 1 amide bonds. The first-order chi connectivity index (χ1) is 12.3. The van der Waals surface area contributed by atoms with E-state index in [1.54, 1.807) is 18.4 Å². The van der Waals surface area contributed by atoms with Gasteiger partial charge in [-0.2, -0.15) is 0 Å². The van der Waals surface area contributed by atoms with Gasteiger partial charge in [0.25, 0.3) is 5.91 Å². The van der Waals surface area contributed by atoms with Crippen LogP contribution < -0.4 is 5.32 Å². The summed E-state index contributed by atoms with van der Waals surface area (Å²) in [5.74, 6) is 2.23. The van der Waals surface area contributed by atoms with Gasteiger partial charge in [0.05, 0.1) is 6.26 Å². The molecule has 0 radical (unpaired) electrons. The summed E-state index contributed by atoms with van der Waals surface area (Å²) in [7, 11) is 1.84. The van der Waals surface area contributed by atoms with Crippen LogP contribution in [0.15, 0.2) is 27.8 Å². The molecule has 6 nitrogen and oxygen atoms in total. The lowest BCUT2D eigenvalue weighted by Gasteiger charge is -2.36. The van der Waals surface area contributed by atoms with Crippen LogP contribution in [-0.2, 0) is 0 Å². The molecule has 146 valence electrons. The van der Waals surface area contributed by atoms with Crippen molar-refractivity contribution in [1.82, 2.24) is 15.1 Å². The number of piperazine rings is 1. The minimum Gasteiger partial charge on any atom is -0.459 e. The highest BCUT2D eigenvalue weighted by Gasteiger charge is 2.25. The number of hydrogen-bond donors (Lipinski definition) is 1. The van der Waals surface area contributed by atoms with Gasteiger partial charge >= 0.3 is 0 Å². The van der Waals surface area contributed by atoms with Crippen LogP contribution in [-0.4, -0.2) is 61.4 Å². The lowest BCUT2D eigenvalue weighted by Crippen LogP contribution is -2.53. The van der Waals surface area contributed by atoms with Gasteiger partial charge in [0.1, 0.15) is 0 Å². The van der Waals surface area contributed by atoms with Crippen molar-refractivity contribution in [2.24, 2.45) is 10.9 Å². The molecule has 1 saturated carbocycles. The number of furan rings is 1. The minimum absolute atomic E-state index is 0. The van der Waals surface area contributed by atoms with Crippen LogP contribution in [0.4, 0.5) is 0 Å². The number of guanidine groups is 1. The molecule has 1 aromatic heterocycles. The number of aliphatic imine (C=N–C) groups is 1. The van der Waals surface area contributed by atoms with E-state index in [1.807, 2.05) is 11.9 Å². The molecule has 3 rings (SSSR count). The third-order valence-corrected chi connectivity index (χ3v) is 5.37. The quantitative estimate of drug-likeness (QED) is 0.414. The Hall–Kier alpha value is -1.25. The van der Waals surface area contributed by atoms with Crippen molar-refractivity contribution in [3.63, 3.8) is 0 Å². The summed E-state index contributed by atoms with van der Waals surface area (Å²) >= 11 is 0. The molecule has 2 aliphatic rings. The highest BCUT2D eigenvalue weighted by Crippen LogP contribution is 2.25. The van der Waals surface area contributed by atoms with E-state index in [0.29, 0.717) is 18.8 Å². The molecule has 0 atom stereocenters. The van der Waals surface area contributed by atoms with Crippen LogP contribution in [0.5, 0.6) is 0 Å². The summed E-state index contributed by atoms with van der Waals surface area (Å²) in [6, 6.07) is 3.47. The predicted molar refractivity (Wildman–Crippen MR) is 114 cm³/mol. The van der Waals surface area contributed by atoms with Crippen molar-refractivity contribution in [3.8, 4) is 0 Å². The average Bonchev–Trinajstić information content (AvgIpc) is 3.20. The first-order valence-electron chi connectivity index (χ1n) is 9.56. The zero-order chi connectivity index (χ0) is 17.5. The maximum Gasteiger partial charge on any atom is 0.289 e. The van der Waals surface area contributed by atoms with Crippen molar-refractivity contribution in [2.75, 3.05) is 39.8 Å². The summed E-state index contributed by atoms with van der Waals surface area (Å²) in [4.78, 5) is 20.8. The van der Waals surface area contributed by atoms with Gasteiger partial charge in [-0.3, -0.25) is 9.79 Å². The van der Waals surface area contributed by atoms with Crippen LogP contribution in [0.2, 0.25) is 0 Å². The normalized spacial score (nSPS) is 19.2. The number of hydrogen-bond acceptors (Lipinski definition) is 3. The molecule has 1 aliphatic carbocycles. The third-order valence-electron chi connectivity index (χ3n) is 5.37. The molecule has 1 aromatic rings. The molecule has 26 heavy (non-hydrogen) atoms. The topological polar surface area (TPSA) is 61.1 Å². The number of carbonyl (C=O) groups is 1. The van der Waals surface area contributed by atoms with Gasteiger partial charge in [0.15, 0.2) is 11.7 Å². The molecule has 0 unspecified atom stereocenters. The van der Waals surface area contributed by atoms with E-state index in [-0.39, 0.29) is 29.9 Å². The number of halogens is 1. The second-order valence-electron chi connectivity index (χ2n) is 7.02. The van der Waals surface area contributed by atoms with Gasteiger partial charge in [-0.05, 0) is 24.5 Å². The number of amides is 1. The molecular weight excluding hydrogens is 443 g/mol. The predicted octanol–water partition coefficient (Wildman–Crippen LogP) is 3.20. The van der Waals surface area contributed by atoms with E-state index >= 15 is 0 Å². The number of nitrogens with one attached hydrogen (secondary N) is 1. The Balaban J connectivity index is 0.00000243. The maximum absolute atomic E-state index is 12.3. The standard InChI is InChI=1S/C19H30N4O2.HI/c1-20-19(21-10-9-16-6-3-2-4-7-16)23-13-11-22(12-14-23)18(24)17-8-5-15-25-17;/h5,8,15-16H,2-4,6-7,9-14H2,1H3,(H,20,21);1H. The molecule has 2 fully saturated rings. The first-order valence-corrected chi connectivity index (χ1v) is 9.56. The van der Waals surface area contributed by atoms with Crippen LogP contribution in [0.3, 0.4) is 0 Å². The number of rotatable bonds is 4. The molecule has 1 saturated heterocycles. The first kappa shape index (κ1) is 21.1. The van der Waals surface area contributed by atoms with Gasteiger partial charge in [-0.1, -0.05) is 32.1 Å². The maximum atomic E-state index is 12.3. The van der Waals surface area contributed by atoms with Gasteiger partial charge in [-0.25, -0.2) is 0 Å². The summed E-state index contributed by atoms with van der Waals surface area (Å²) in [6.07, 6.45) is 9.74. The van der Waals surface area contributed by atoms with E-state index < -0.39 is 0 Å². The van der Waals surface area contributed by atoms with Gasteiger partial charge in [-0.15, -0.1) is 24.0 Å². The fraction of sp³-hybridized carbons (Fsp3) is 0.684. The number of carbonyl (C=O) groups excluding carboxylic acids is 1. The summed E-state index contributed by atoms with van der Waals surface area (Å²) < 4.78 is 5.21. The Morgan fingerprint density at radius 3 is 2.50 bits per heavy atom. The van der Waals surface area contributed by atoms with Crippen molar-refractivity contribution in [3.05, 3.63) is 24.2 Å². The van der Waals surface area contributed by atoms with Crippen LogP contribution in [0, 0.1) is 5.92 Å². The Morgan fingerprint density at radius 1 is 1.19 bits per heavy atom. The SMILES string of the molecule is CN=C(NCCC1CCCCC1)N1CCN(C(=O)c2ccco2)CC1.I. The zero-order valence-electron chi connectivity index (χ0n) is 15.7. The monoisotopic (exact) mass is 474 g/mol. The molecular formula is C19H31IN4O2. The lowest BCUT2D eigenvalue weighted by atomic mass is 9.87. The molecule has 2 heterocycles. The Labute approximate surface area is 173 Å². The fourth-order valence-electron chi connectivity index (χ4n) is 3.87. The molecule has 0 aromatic carbocycles. The van der Waals surface area contributed by atoms with Crippen molar-refractivity contribution >= 4 is 35.8 Å². The largest absolute Gasteiger partial charge is 0.459 e. The highest BCUT2D eigenvalue weighted by atomic mass is 127. The summed E-state index contributed by atoms with van der Waals surface area (Å²) in [5, 5.41) is 3.51. The van der Waals surface area contributed by atoms with Crippen molar-refractivity contribution in [2.45, 2.75) is 38.5 Å². The van der Waals surface area contributed by atoms with Gasteiger partial charge < -0.3 is 19.5 Å². The third kappa shape index (κ3) is 5.62. The second kappa shape index (κ2) is 10.8. The van der Waals surface area contributed by atoms with Crippen LogP contribution in [0.25, 0.3) is 0 Å². The van der Waals surface area contributed by atoms with Crippen LogP contribution >= 0.6 is 24.0 Å². The second-order valence-corrected chi connectivity index (χ2v) is 7.02. The lowest BCUT2D eigenvalue weighted by molar-refractivity contribution is 0.0657. The zero-order valence-corrected chi connectivity index (χ0v) is 18.0. The molecule has 0 bridgehead atoms. The Morgan fingerprint density at radius 2 is 1.88 bits per heavy atom. The fourth-order valence-corrected chi connectivity index (χ4v) is 3.87. The van der Waals surface area contributed by atoms with E-state index in [9.17, 15) is 4.79 Å². The molecule has 1 N–H and O–H groups in total. The molecule has 7 heteroatoms. The summed E-state index contributed by atoms with van der Waals surface area (Å²) in [6.45, 7) is 3.99. The minimum atomic E-state index is -0.0232. The van der Waals surface area contributed by atoms with Gasteiger partial charge in [0, 0.05) is 39.8 Å². The van der Waals surface area contributed by atoms with Gasteiger partial charge in [0.2, 0.25) is 0 Å². The average molecular weight is 474 g/mol. The molecule has 0 spiro atoms. The Bertz CT molecular complexity index is 562.